The SMILES string of the molecule is C=S(c1nc2nc(-n3cnc(C)c3)sc2cc1N)C1CC1C. The van der Waals surface area contributed by atoms with Crippen LogP contribution in [0.3, 0.4) is 0 Å². The molecule has 3 aromatic heterocycles. The Balaban J connectivity index is 1.78. The van der Waals surface area contributed by atoms with Crippen molar-refractivity contribution in [1.29, 1.82) is 0 Å². The summed E-state index contributed by atoms with van der Waals surface area (Å²) in [4.78, 5) is 13.6. The molecule has 3 heterocycles. The largest absolute Gasteiger partial charge is 0.397 e. The van der Waals surface area contributed by atoms with E-state index in [1.54, 1.807) is 17.7 Å². The number of rotatable bonds is 3. The van der Waals surface area contributed by atoms with Gasteiger partial charge in [0, 0.05) is 11.4 Å². The van der Waals surface area contributed by atoms with Gasteiger partial charge in [0.1, 0.15) is 11.4 Å². The van der Waals surface area contributed by atoms with Crippen molar-refractivity contribution in [3.05, 3.63) is 24.3 Å². The van der Waals surface area contributed by atoms with Crippen LogP contribution in [0.5, 0.6) is 0 Å². The van der Waals surface area contributed by atoms with E-state index in [0.717, 1.165) is 37.8 Å². The van der Waals surface area contributed by atoms with Crippen LogP contribution in [0.25, 0.3) is 15.5 Å². The molecule has 114 valence electrons. The Hall–Kier alpha value is -1.73. The molecule has 3 unspecified atom stereocenters. The van der Waals surface area contributed by atoms with Crippen molar-refractivity contribution in [2.45, 2.75) is 30.5 Å². The highest BCUT2D eigenvalue weighted by atomic mass is 32.2. The third-order valence-electron chi connectivity index (χ3n) is 3.95. The number of nitrogens with zero attached hydrogens (tertiary/aromatic N) is 4. The lowest BCUT2D eigenvalue weighted by Gasteiger charge is -2.08. The van der Waals surface area contributed by atoms with Gasteiger partial charge in [-0.15, -0.1) is 10.5 Å². The number of hydrogen-bond donors (Lipinski definition) is 1. The molecule has 22 heavy (non-hydrogen) atoms. The lowest BCUT2D eigenvalue weighted by Crippen LogP contribution is -1.96. The van der Waals surface area contributed by atoms with E-state index >= 15 is 0 Å². The summed E-state index contributed by atoms with van der Waals surface area (Å²) in [7, 11) is -0.143. The van der Waals surface area contributed by atoms with E-state index in [4.69, 9.17) is 10.7 Å². The van der Waals surface area contributed by atoms with Gasteiger partial charge in [-0.3, -0.25) is 4.57 Å². The van der Waals surface area contributed by atoms with E-state index in [2.05, 4.69) is 22.8 Å². The summed E-state index contributed by atoms with van der Waals surface area (Å²) < 4.78 is 2.92. The van der Waals surface area contributed by atoms with Gasteiger partial charge in [-0.1, -0.05) is 24.1 Å². The molecule has 1 aliphatic rings. The van der Waals surface area contributed by atoms with Crippen molar-refractivity contribution in [2.75, 3.05) is 5.73 Å². The highest BCUT2D eigenvalue weighted by Gasteiger charge is 2.36. The predicted molar refractivity (Wildman–Crippen MR) is 94.2 cm³/mol. The van der Waals surface area contributed by atoms with Crippen LogP contribution in [0.15, 0.2) is 23.6 Å². The maximum atomic E-state index is 6.21. The number of aromatic nitrogens is 4. The zero-order valence-electron chi connectivity index (χ0n) is 12.5. The summed E-state index contributed by atoms with van der Waals surface area (Å²) in [5.41, 5.74) is 8.67. The first kappa shape index (κ1) is 13.9. The normalized spacial score (nSPS) is 22.1. The standard InChI is InChI=1S/C15H17N5S2/c1-8-4-12(8)22(3)14-10(16)5-11-13(18-14)19-15(21-11)20-6-9(2)17-7-20/h5-8,12H,3-4,16H2,1-2H3. The number of thiazole rings is 1. The van der Waals surface area contributed by atoms with Crippen molar-refractivity contribution in [2.24, 2.45) is 5.92 Å². The van der Waals surface area contributed by atoms with Gasteiger partial charge in [-0.25, -0.2) is 9.97 Å². The molecule has 1 fully saturated rings. The van der Waals surface area contributed by atoms with Crippen LogP contribution in [0, 0.1) is 12.8 Å². The Kier molecular flexibility index (Phi) is 3.09. The molecule has 0 bridgehead atoms. The molecule has 1 aliphatic carbocycles. The fourth-order valence-electron chi connectivity index (χ4n) is 2.52. The molecule has 4 rings (SSSR count). The van der Waals surface area contributed by atoms with Crippen LogP contribution < -0.4 is 5.73 Å². The van der Waals surface area contributed by atoms with Crippen LogP contribution in [0.1, 0.15) is 19.0 Å². The molecule has 3 aromatic rings. The first-order valence-corrected chi connectivity index (χ1v) is 9.41. The van der Waals surface area contributed by atoms with Crippen LogP contribution >= 0.6 is 21.8 Å². The number of nitrogens with two attached hydrogens (primary N) is 1. The lowest BCUT2D eigenvalue weighted by atomic mass is 10.4. The number of fused-ring (bicyclic) bond motifs is 1. The number of imidazole rings is 1. The summed E-state index contributed by atoms with van der Waals surface area (Å²) in [6.45, 7) is 4.22. The summed E-state index contributed by atoms with van der Waals surface area (Å²) in [5, 5.41) is 2.41. The maximum Gasteiger partial charge on any atom is 0.197 e. The minimum Gasteiger partial charge on any atom is -0.397 e. The second-order valence-corrected chi connectivity index (χ2v) is 8.66. The molecule has 2 N–H and O–H groups in total. The van der Waals surface area contributed by atoms with Crippen molar-refractivity contribution in [1.82, 2.24) is 19.5 Å². The average Bonchev–Trinajstić information content (AvgIpc) is 2.87. The predicted octanol–water partition coefficient (Wildman–Crippen LogP) is 3.24. The zero-order chi connectivity index (χ0) is 15.4. The summed E-state index contributed by atoms with van der Waals surface area (Å²) in [5.74, 6) is 5.04. The molecule has 7 heteroatoms. The van der Waals surface area contributed by atoms with Gasteiger partial charge in [0.05, 0.1) is 16.1 Å². The van der Waals surface area contributed by atoms with Gasteiger partial charge in [-0.2, -0.15) is 4.98 Å². The first-order chi connectivity index (χ1) is 10.5. The molecule has 0 radical (unpaired) electrons. The summed E-state index contributed by atoms with van der Waals surface area (Å²) in [6, 6.07) is 1.99. The van der Waals surface area contributed by atoms with Gasteiger partial charge < -0.3 is 5.73 Å². The number of aryl methyl sites for hydroxylation is 1. The molecule has 0 aromatic carbocycles. The smallest absolute Gasteiger partial charge is 0.197 e. The van der Waals surface area contributed by atoms with E-state index in [9.17, 15) is 0 Å². The molecule has 5 nitrogen and oxygen atoms in total. The third-order valence-corrected chi connectivity index (χ3v) is 7.16. The van der Waals surface area contributed by atoms with E-state index < -0.39 is 0 Å². The fourth-order valence-corrected chi connectivity index (χ4v) is 5.38. The van der Waals surface area contributed by atoms with Crippen LogP contribution in [-0.4, -0.2) is 30.6 Å². The minimum absolute atomic E-state index is 0.143. The fraction of sp³-hybridized carbons (Fsp3) is 0.333. The van der Waals surface area contributed by atoms with Crippen molar-refractivity contribution >= 4 is 43.7 Å². The molecular weight excluding hydrogens is 314 g/mol. The lowest BCUT2D eigenvalue weighted by molar-refractivity contribution is 0.985. The Bertz CT molecular complexity index is 895. The van der Waals surface area contributed by atoms with Gasteiger partial charge in [0.2, 0.25) is 0 Å². The number of hydrogen-bond acceptors (Lipinski definition) is 5. The molecule has 0 aliphatic heterocycles. The van der Waals surface area contributed by atoms with Gasteiger partial charge in [0.25, 0.3) is 0 Å². The highest BCUT2D eigenvalue weighted by molar-refractivity contribution is 8.15. The van der Waals surface area contributed by atoms with Gasteiger partial charge in [0.15, 0.2) is 10.8 Å². The Morgan fingerprint density at radius 1 is 1.45 bits per heavy atom. The van der Waals surface area contributed by atoms with E-state index in [1.165, 1.54) is 6.42 Å². The van der Waals surface area contributed by atoms with Crippen LogP contribution in [0.2, 0.25) is 0 Å². The van der Waals surface area contributed by atoms with E-state index in [-0.39, 0.29) is 10.5 Å². The molecule has 0 saturated heterocycles. The topological polar surface area (TPSA) is 69.6 Å². The monoisotopic (exact) mass is 331 g/mol. The van der Waals surface area contributed by atoms with Crippen molar-refractivity contribution in [3.63, 3.8) is 0 Å². The average molecular weight is 331 g/mol. The second-order valence-electron chi connectivity index (χ2n) is 5.80. The number of anilines is 1. The molecular formula is C15H17N5S2. The first-order valence-electron chi connectivity index (χ1n) is 7.13. The summed E-state index contributed by atoms with van der Waals surface area (Å²) >= 11 is 1.57. The Morgan fingerprint density at radius 3 is 2.86 bits per heavy atom. The van der Waals surface area contributed by atoms with Gasteiger partial charge >= 0.3 is 0 Å². The highest BCUT2D eigenvalue weighted by Crippen LogP contribution is 2.49. The Labute approximate surface area is 135 Å². The van der Waals surface area contributed by atoms with E-state index in [1.807, 2.05) is 23.8 Å². The molecule has 0 spiro atoms. The number of nitrogen functional groups attached to an aromatic ring is 1. The van der Waals surface area contributed by atoms with Crippen LogP contribution in [0.4, 0.5) is 5.69 Å². The van der Waals surface area contributed by atoms with Crippen molar-refractivity contribution < 1.29 is 0 Å². The molecule has 3 atom stereocenters. The van der Waals surface area contributed by atoms with Gasteiger partial charge in [-0.05, 0) is 25.3 Å². The van der Waals surface area contributed by atoms with E-state index in [0.29, 0.717) is 5.25 Å². The summed E-state index contributed by atoms with van der Waals surface area (Å²) in [6.07, 6.45) is 4.96. The van der Waals surface area contributed by atoms with Crippen molar-refractivity contribution in [3.8, 4) is 5.13 Å². The maximum absolute atomic E-state index is 6.21. The molecule has 0 amide bonds. The third kappa shape index (κ3) is 2.24. The quantitative estimate of drug-likeness (QED) is 0.748. The minimum atomic E-state index is -0.143. The Morgan fingerprint density at radius 2 is 2.23 bits per heavy atom. The second kappa shape index (κ2) is 4.89. The van der Waals surface area contributed by atoms with Crippen LogP contribution in [-0.2, 0) is 0 Å². The zero-order valence-corrected chi connectivity index (χ0v) is 14.1. The number of pyridine rings is 1. The molecule has 1 saturated carbocycles.